The lowest BCUT2D eigenvalue weighted by Crippen LogP contribution is -2.28. The molecule has 0 aliphatic carbocycles. The highest BCUT2D eigenvalue weighted by Crippen LogP contribution is 2.28. The van der Waals surface area contributed by atoms with E-state index in [2.05, 4.69) is 10.0 Å². The van der Waals surface area contributed by atoms with Gasteiger partial charge in [-0.2, -0.15) is 0 Å². The first kappa shape index (κ1) is 20.8. The van der Waals surface area contributed by atoms with E-state index in [-0.39, 0.29) is 34.7 Å². The van der Waals surface area contributed by atoms with Crippen LogP contribution in [0.4, 0.5) is 5.69 Å². The Balaban J connectivity index is 1.60. The quantitative estimate of drug-likeness (QED) is 0.562. The Morgan fingerprint density at radius 1 is 1.14 bits per heavy atom. The molecule has 0 bridgehead atoms. The number of furan rings is 1. The zero-order valence-corrected chi connectivity index (χ0v) is 17.1. The van der Waals surface area contributed by atoms with Crippen molar-refractivity contribution in [1.29, 1.82) is 0 Å². The largest absolute Gasteiger partial charge is 0.482 e. The number of rotatable bonds is 8. The molecule has 0 saturated carbocycles. The first-order valence-corrected chi connectivity index (χ1v) is 10.5. The van der Waals surface area contributed by atoms with Crippen LogP contribution in [0.2, 0.25) is 5.02 Å². The first-order chi connectivity index (χ1) is 13.8. The zero-order chi connectivity index (χ0) is 20.9. The fraction of sp³-hybridized carbons (Fsp3) is 0.150. The van der Waals surface area contributed by atoms with Gasteiger partial charge in [0.1, 0.15) is 11.5 Å². The molecule has 3 rings (SSSR count). The number of amides is 1. The standard InChI is InChI=1S/C20H19ClN2O5S/c1-14-4-6-15(7-5-14)23-29(25,26)17-8-9-19(18(21)11-17)28-13-20(24)22-12-16-3-2-10-27-16/h2-11,23H,12-13H2,1H3,(H,22,24). The van der Waals surface area contributed by atoms with Gasteiger partial charge in [-0.25, -0.2) is 8.42 Å². The van der Waals surface area contributed by atoms with E-state index in [1.807, 2.05) is 6.92 Å². The van der Waals surface area contributed by atoms with Gasteiger partial charge in [0, 0.05) is 5.69 Å². The summed E-state index contributed by atoms with van der Waals surface area (Å²) in [6, 6.07) is 14.5. The van der Waals surface area contributed by atoms with E-state index in [0.717, 1.165) is 5.56 Å². The maximum atomic E-state index is 12.5. The third kappa shape index (κ3) is 5.75. The summed E-state index contributed by atoms with van der Waals surface area (Å²) in [5, 5.41) is 2.71. The molecule has 29 heavy (non-hydrogen) atoms. The predicted octanol–water partition coefficient (Wildman–Crippen LogP) is 3.74. The molecule has 9 heteroatoms. The summed E-state index contributed by atoms with van der Waals surface area (Å²) >= 11 is 6.14. The van der Waals surface area contributed by atoms with Gasteiger partial charge >= 0.3 is 0 Å². The van der Waals surface area contributed by atoms with Crippen LogP contribution in [0.15, 0.2) is 70.2 Å². The van der Waals surface area contributed by atoms with Crippen molar-refractivity contribution in [1.82, 2.24) is 5.32 Å². The number of carbonyl (C=O) groups excluding carboxylic acids is 1. The van der Waals surface area contributed by atoms with E-state index in [4.69, 9.17) is 20.8 Å². The van der Waals surface area contributed by atoms with Crippen LogP contribution in [0.3, 0.4) is 0 Å². The number of hydrogen-bond acceptors (Lipinski definition) is 5. The van der Waals surface area contributed by atoms with Crippen molar-refractivity contribution >= 4 is 33.2 Å². The summed E-state index contributed by atoms with van der Waals surface area (Å²) in [7, 11) is -3.81. The van der Waals surface area contributed by atoms with E-state index in [9.17, 15) is 13.2 Å². The average Bonchev–Trinajstić information content (AvgIpc) is 3.20. The van der Waals surface area contributed by atoms with Gasteiger partial charge in [-0.1, -0.05) is 29.3 Å². The van der Waals surface area contributed by atoms with Crippen LogP contribution in [0, 0.1) is 6.92 Å². The highest BCUT2D eigenvalue weighted by molar-refractivity contribution is 7.92. The fourth-order valence-electron chi connectivity index (χ4n) is 2.39. The Bertz CT molecular complexity index is 1080. The van der Waals surface area contributed by atoms with Crippen LogP contribution >= 0.6 is 11.6 Å². The van der Waals surface area contributed by atoms with Crippen LogP contribution < -0.4 is 14.8 Å². The van der Waals surface area contributed by atoms with E-state index in [1.54, 1.807) is 36.4 Å². The van der Waals surface area contributed by atoms with Crippen molar-refractivity contribution in [2.75, 3.05) is 11.3 Å². The number of anilines is 1. The molecule has 0 saturated heterocycles. The van der Waals surface area contributed by atoms with Gasteiger partial charge in [-0.15, -0.1) is 0 Å². The van der Waals surface area contributed by atoms with Gasteiger partial charge in [-0.3, -0.25) is 9.52 Å². The molecule has 0 unspecified atom stereocenters. The number of halogens is 1. The molecule has 1 amide bonds. The lowest BCUT2D eigenvalue weighted by molar-refractivity contribution is -0.123. The van der Waals surface area contributed by atoms with Crippen LogP contribution in [-0.2, 0) is 21.4 Å². The van der Waals surface area contributed by atoms with Crippen molar-refractivity contribution in [2.45, 2.75) is 18.4 Å². The van der Waals surface area contributed by atoms with Crippen molar-refractivity contribution in [3.8, 4) is 5.75 Å². The molecular weight excluding hydrogens is 416 g/mol. The lowest BCUT2D eigenvalue weighted by Gasteiger charge is -2.11. The molecule has 2 N–H and O–H groups in total. The van der Waals surface area contributed by atoms with Crippen molar-refractivity contribution in [3.05, 3.63) is 77.2 Å². The van der Waals surface area contributed by atoms with Gasteiger partial charge in [0.2, 0.25) is 0 Å². The van der Waals surface area contributed by atoms with Crippen LogP contribution in [0.1, 0.15) is 11.3 Å². The molecule has 0 fully saturated rings. The van der Waals surface area contributed by atoms with Gasteiger partial charge in [0.05, 0.1) is 22.7 Å². The first-order valence-electron chi connectivity index (χ1n) is 8.64. The summed E-state index contributed by atoms with van der Waals surface area (Å²) < 4.78 is 38.0. The Kier molecular flexibility index (Phi) is 6.46. The van der Waals surface area contributed by atoms with Gasteiger partial charge in [0.15, 0.2) is 6.61 Å². The number of hydrogen-bond donors (Lipinski definition) is 2. The maximum Gasteiger partial charge on any atom is 0.261 e. The molecular formula is C20H19ClN2O5S. The summed E-state index contributed by atoms with van der Waals surface area (Å²) in [5.74, 6) is 0.455. The molecule has 0 spiro atoms. The Morgan fingerprint density at radius 2 is 1.90 bits per heavy atom. The molecule has 0 aliphatic rings. The number of sulfonamides is 1. The smallest absolute Gasteiger partial charge is 0.261 e. The van der Waals surface area contributed by atoms with Crippen LogP contribution in [-0.4, -0.2) is 20.9 Å². The molecule has 3 aromatic rings. The molecule has 2 aromatic carbocycles. The van der Waals surface area contributed by atoms with Crippen molar-refractivity contribution in [2.24, 2.45) is 0 Å². The minimum absolute atomic E-state index is 0.0160. The Morgan fingerprint density at radius 3 is 2.55 bits per heavy atom. The third-order valence-corrected chi connectivity index (χ3v) is 5.59. The monoisotopic (exact) mass is 434 g/mol. The second-order valence-electron chi connectivity index (χ2n) is 6.21. The molecule has 0 aliphatic heterocycles. The Labute approximate surface area is 173 Å². The van der Waals surface area contributed by atoms with E-state index >= 15 is 0 Å². The van der Waals surface area contributed by atoms with E-state index < -0.39 is 10.0 Å². The Hall–Kier alpha value is -2.97. The predicted molar refractivity (Wildman–Crippen MR) is 109 cm³/mol. The molecule has 1 heterocycles. The minimum atomic E-state index is -3.81. The number of aryl methyl sites for hydroxylation is 1. The third-order valence-electron chi connectivity index (χ3n) is 3.92. The molecule has 1 aromatic heterocycles. The van der Waals surface area contributed by atoms with Crippen LogP contribution in [0.25, 0.3) is 0 Å². The SMILES string of the molecule is Cc1ccc(NS(=O)(=O)c2ccc(OCC(=O)NCc3ccco3)c(Cl)c2)cc1. The topological polar surface area (TPSA) is 97.6 Å². The molecule has 7 nitrogen and oxygen atoms in total. The lowest BCUT2D eigenvalue weighted by atomic mass is 10.2. The average molecular weight is 435 g/mol. The highest BCUT2D eigenvalue weighted by Gasteiger charge is 2.17. The van der Waals surface area contributed by atoms with E-state index in [0.29, 0.717) is 11.4 Å². The normalized spacial score (nSPS) is 11.1. The van der Waals surface area contributed by atoms with Crippen molar-refractivity contribution < 1.29 is 22.4 Å². The van der Waals surface area contributed by atoms with E-state index in [1.165, 1.54) is 24.5 Å². The second kappa shape index (κ2) is 9.02. The number of nitrogens with one attached hydrogen (secondary N) is 2. The number of carbonyl (C=O) groups is 1. The molecule has 0 radical (unpaired) electrons. The number of ether oxygens (including phenoxy) is 1. The van der Waals surface area contributed by atoms with Crippen molar-refractivity contribution in [3.63, 3.8) is 0 Å². The zero-order valence-electron chi connectivity index (χ0n) is 15.5. The maximum absolute atomic E-state index is 12.5. The second-order valence-corrected chi connectivity index (χ2v) is 8.30. The highest BCUT2D eigenvalue weighted by atomic mass is 35.5. The van der Waals surface area contributed by atoms with Gasteiger partial charge in [0.25, 0.3) is 15.9 Å². The summed E-state index contributed by atoms with van der Waals surface area (Å²) in [5.41, 5.74) is 1.46. The number of benzene rings is 2. The fourth-order valence-corrected chi connectivity index (χ4v) is 3.78. The molecule has 0 atom stereocenters. The van der Waals surface area contributed by atoms with Gasteiger partial charge in [-0.05, 0) is 49.4 Å². The molecule has 152 valence electrons. The summed E-state index contributed by atoms with van der Waals surface area (Å²) in [6.07, 6.45) is 1.51. The van der Waals surface area contributed by atoms with Crippen LogP contribution in [0.5, 0.6) is 5.75 Å². The minimum Gasteiger partial charge on any atom is -0.482 e. The van der Waals surface area contributed by atoms with Gasteiger partial charge < -0.3 is 14.5 Å². The summed E-state index contributed by atoms with van der Waals surface area (Å²) in [6.45, 7) is 1.88. The summed E-state index contributed by atoms with van der Waals surface area (Å²) in [4.78, 5) is 11.8.